The molecule has 27 heavy (non-hydrogen) atoms. The molecule has 2 aliphatic rings. The molecule has 0 aromatic heterocycles. The fourth-order valence-electron chi connectivity index (χ4n) is 3.53. The molecule has 0 aliphatic carbocycles. The van der Waals surface area contributed by atoms with E-state index in [0.717, 1.165) is 18.4 Å². The molecular weight excluding hydrogens is 348 g/mol. The fourth-order valence-corrected chi connectivity index (χ4v) is 3.53. The molecule has 0 spiro atoms. The molecule has 2 aliphatic heterocycles. The highest BCUT2D eigenvalue weighted by Gasteiger charge is 2.30. The number of esters is 1. The van der Waals surface area contributed by atoms with Crippen molar-refractivity contribution in [2.75, 3.05) is 19.7 Å². The first-order valence-corrected chi connectivity index (χ1v) is 9.37. The lowest BCUT2D eigenvalue weighted by molar-refractivity contribution is -0.149. The second-order valence-electron chi connectivity index (χ2n) is 6.91. The zero-order valence-electron chi connectivity index (χ0n) is 15.5. The third kappa shape index (κ3) is 4.35. The van der Waals surface area contributed by atoms with Gasteiger partial charge in [0.05, 0.1) is 19.1 Å². The van der Waals surface area contributed by atoms with Gasteiger partial charge in [0.25, 0.3) is 5.91 Å². The molecule has 3 amide bonds. The second kappa shape index (κ2) is 8.33. The van der Waals surface area contributed by atoms with Gasteiger partial charge in [0, 0.05) is 31.5 Å². The molecule has 1 atom stereocenters. The Hall–Kier alpha value is -2.70. The van der Waals surface area contributed by atoms with Gasteiger partial charge in [-0.2, -0.15) is 0 Å². The first-order chi connectivity index (χ1) is 13.0. The number of hydrogen-bond acceptors (Lipinski definition) is 5. The number of likely N-dealkylation sites (tertiary alicyclic amines) is 2. The van der Waals surface area contributed by atoms with Crippen LogP contribution in [0.2, 0.25) is 0 Å². The molecule has 2 heterocycles. The second-order valence-corrected chi connectivity index (χ2v) is 6.91. The summed E-state index contributed by atoms with van der Waals surface area (Å²) in [5.41, 5.74) is 1.33. The van der Waals surface area contributed by atoms with Crippen LogP contribution in [0.4, 0.5) is 0 Å². The van der Waals surface area contributed by atoms with E-state index in [1.165, 1.54) is 4.90 Å². The van der Waals surface area contributed by atoms with E-state index in [0.29, 0.717) is 25.3 Å². The molecule has 2 fully saturated rings. The third-order valence-corrected chi connectivity index (χ3v) is 5.02. The van der Waals surface area contributed by atoms with Crippen LogP contribution in [0, 0.1) is 5.92 Å². The number of carbonyl (C=O) groups excluding carboxylic acids is 4. The Kier molecular flexibility index (Phi) is 5.88. The quantitative estimate of drug-likeness (QED) is 0.581. The Morgan fingerprint density at radius 3 is 2.41 bits per heavy atom. The van der Waals surface area contributed by atoms with Crippen molar-refractivity contribution in [1.82, 2.24) is 9.80 Å². The summed E-state index contributed by atoms with van der Waals surface area (Å²) >= 11 is 0. The van der Waals surface area contributed by atoms with Crippen molar-refractivity contribution in [3.63, 3.8) is 0 Å². The molecule has 1 aromatic rings. The molecule has 0 bridgehead atoms. The van der Waals surface area contributed by atoms with E-state index < -0.39 is 0 Å². The topological polar surface area (TPSA) is 84.0 Å². The van der Waals surface area contributed by atoms with Gasteiger partial charge in [-0.1, -0.05) is 12.1 Å². The highest BCUT2D eigenvalue weighted by molar-refractivity contribution is 6.01. The van der Waals surface area contributed by atoms with Crippen molar-refractivity contribution >= 4 is 23.7 Å². The fraction of sp³-hybridized carbons (Fsp3) is 0.500. The van der Waals surface area contributed by atoms with Gasteiger partial charge in [0.1, 0.15) is 0 Å². The van der Waals surface area contributed by atoms with Gasteiger partial charge < -0.3 is 9.64 Å². The number of amides is 3. The molecule has 3 rings (SSSR count). The van der Waals surface area contributed by atoms with Crippen molar-refractivity contribution in [3.05, 3.63) is 35.4 Å². The van der Waals surface area contributed by atoms with E-state index in [1.807, 2.05) is 0 Å². The number of imide groups is 1. The summed E-state index contributed by atoms with van der Waals surface area (Å²) in [6.07, 6.45) is 2.05. The zero-order valence-corrected chi connectivity index (χ0v) is 15.5. The smallest absolute Gasteiger partial charge is 0.310 e. The van der Waals surface area contributed by atoms with E-state index in [9.17, 15) is 19.2 Å². The van der Waals surface area contributed by atoms with Crippen LogP contribution in [-0.4, -0.2) is 53.2 Å². The largest absolute Gasteiger partial charge is 0.466 e. The van der Waals surface area contributed by atoms with Crippen LogP contribution in [0.1, 0.15) is 48.5 Å². The van der Waals surface area contributed by atoms with E-state index in [4.69, 9.17) is 4.74 Å². The molecule has 1 aromatic carbocycles. The van der Waals surface area contributed by atoms with E-state index in [2.05, 4.69) is 0 Å². The molecule has 7 heteroatoms. The molecule has 7 nitrogen and oxygen atoms in total. The van der Waals surface area contributed by atoms with Gasteiger partial charge in [0.15, 0.2) is 0 Å². The average molecular weight is 372 g/mol. The van der Waals surface area contributed by atoms with E-state index in [-0.39, 0.29) is 49.0 Å². The Bertz CT molecular complexity index is 727. The van der Waals surface area contributed by atoms with Crippen molar-refractivity contribution in [1.29, 1.82) is 0 Å². The predicted octanol–water partition coefficient (Wildman–Crippen LogP) is 1.75. The highest BCUT2D eigenvalue weighted by atomic mass is 16.5. The minimum atomic E-state index is -0.269. The Balaban J connectivity index is 1.62. The Labute approximate surface area is 158 Å². The van der Waals surface area contributed by atoms with Gasteiger partial charge in [-0.15, -0.1) is 0 Å². The first-order valence-electron chi connectivity index (χ1n) is 9.37. The number of ether oxygens (including phenoxy) is 1. The minimum Gasteiger partial charge on any atom is -0.466 e. The lowest BCUT2D eigenvalue weighted by Crippen LogP contribution is -2.42. The van der Waals surface area contributed by atoms with Crippen molar-refractivity contribution < 1.29 is 23.9 Å². The van der Waals surface area contributed by atoms with Crippen LogP contribution in [0.5, 0.6) is 0 Å². The van der Waals surface area contributed by atoms with Gasteiger partial charge in [0.2, 0.25) is 11.8 Å². The number of carbonyl (C=O) groups is 4. The van der Waals surface area contributed by atoms with Crippen LogP contribution in [0.15, 0.2) is 24.3 Å². The minimum absolute atomic E-state index is 0.121. The van der Waals surface area contributed by atoms with Gasteiger partial charge in [-0.25, -0.2) is 0 Å². The molecule has 2 saturated heterocycles. The van der Waals surface area contributed by atoms with Crippen LogP contribution in [-0.2, 0) is 25.7 Å². The van der Waals surface area contributed by atoms with Gasteiger partial charge in [-0.05, 0) is 37.5 Å². The molecule has 0 radical (unpaired) electrons. The third-order valence-electron chi connectivity index (χ3n) is 5.02. The summed E-state index contributed by atoms with van der Waals surface area (Å²) < 4.78 is 5.07. The van der Waals surface area contributed by atoms with E-state index in [1.54, 1.807) is 36.1 Å². The summed E-state index contributed by atoms with van der Waals surface area (Å²) in [5.74, 6) is -0.944. The highest BCUT2D eigenvalue weighted by Crippen LogP contribution is 2.21. The first kappa shape index (κ1) is 19.1. The number of rotatable bonds is 5. The van der Waals surface area contributed by atoms with E-state index >= 15 is 0 Å². The maximum absolute atomic E-state index is 12.7. The summed E-state index contributed by atoms with van der Waals surface area (Å²) in [4.78, 5) is 51.0. The van der Waals surface area contributed by atoms with Crippen LogP contribution >= 0.6 is 0 Å². The number of nitrogens with zero attached hydrogens (tertiary/aromatic N) is 2. The maximum atomic E-state index is 12.7. The summed E-state index contributed by atoms with van der Waals surface area (Å²) in [6, 6.07) is 6.94. The lowest BCUT2D eigenvalue weighted by atomic mass is 9.97. The lowest BCUT2D eigenvalue weighted by Gasteiger charge is -2.31. The number of benzene rings is 1. The van der Waals surface area contributed by atoms with Gasteiger partial charge >= 0.3 is 5.97 Å². The van der Waals surface area contributed by atoms with Crippen LogP contribution < -0.4 is 0 Å². The van der Waals surface area contributed by atoms with Crippen LogP contribution in [0.3, 0.4) is 0 Å². The van der Waals surface area contributed by atoms with Crippen molar-refractivity contribution in [2.24, 2.45) is 5.92 Å². The molecule has 0 saturated carbocycles. The normalized spacial score (nSPS) is 20.1. The Morgan fingerprint density at radius 2 is 1.78 bits per heavy atom. The summed E-state index contributed by atoms with van der Waals surface area (Å²) in [7, 11) is 0. The Morgan fingerprint density at radius 1 is 1.11 bits per heavy atom. The standard InChI is InChI=1S/C20H24N2O5/c1-2-27-20(26)16-4-3-11-21(13-16)19(25)15-7-5-14(6-8-15)12-22-17(23)9-10-18(22)24/h5-8,16H,2-4,9-13H2,1H3. The zero-order chi connectivity index (χ0) is 19.4. The predicted molar refractivity (Wildman–Crippen MR) is 96.5 cm³/mol. The monoisotopic (exact) mass is 372 g/mol. The molecule has 144 valence electrons. The SMILES string of the molecule is CCOC(=O)C1CCCN(C(=O)c2ccc(CN3C(=O)CCC3=O)cc2)C1. The summed E-state index contributed by atoms with van der Waals surface area (Å²) in [5, 5.41) is 0. The summed E-state index contributed by atoms with van der Waals surface area (Å²) in [6.45, 7) is 3.34. The van der Waals surface area contributed by atoms with Crippen molar-refractivity contribution in [2.45, 2.75) is 39.2 Å². The molecule has 1 unspecified atom stereocenters. The maximum Gasteiger partial charge on any atom is 0.310 e. The van der Waals surface area contributed by atoms with Crippen molar-refractivity contribution in [3.8, 4) is 0 Å². The van der Waals surface area contributed by atoms with Gasteiger partial charge in [-0.3, -0.25) is 24.1 Å². The molecule has 0 N–H and O–H groups in total. The number of hydrogen-bond donors (Lipinski definition) is 0. The molecular formula is C20H24N2O5. The van der Waals surface area contributed by atoms with Crippen LogP contribution in [0.25, 0.3) is 0 Å². The number of piperidine rings is 1. The average Bonchev–Trinajstić information content (AvgIpc) is 3.00.